The van der Waals surface area contributed by atoms with Gasteiger partial charge in [-0.1, -0.05) is 34.9 Å². The van der Waals surface area contributed by atoms with Gasteiger partial charge in [-0.15, -0.1) is 6.42 Å². The summed E-state index contributed by atoms with van der Waals surface area (Å²) in [4.78, 5) is 16.9. The second kappa shape index (κ2) is 6.37. The van der Waals surface area contributed by atoms with E-state index in [0.717, 1.165) is 5.52 Å². The molecule has 0 saturated carbocycles. The highest BCUT2D eigenvalue weighted by molar-refractivity contribution is 7.16. The van der Waals surface area contributed by atoms with Crippen molar-refractivity contribution in [2.75, 3.05) is 0 Å². The van der Waals surface area contributed by atoms with Crippen molar-refractivity contribution in [1.29, 1.82) is 0 Å². The van der Waals surface area contributed by atoms with E-state index in [4.69, 9.17) is 18.0 Å². The summed E-state index contributed by atoms with van der Waals surface area (Å²) in [5.41, 5.74) is 1.13. The van der Waals surface area contributed by atoms with E-state index in [9.17, 15) is 9.18 Å². The molecule has 3 rings (SSSR count). The molecule has 2 aromatic carbocycles. The van der Waals surface area contributed by atoms with Crippen LogP contribution in [0.4, 0.5) is 4.39 Å². The number of carbonyl (C=O) groups is 1. The third-order valence-electron chi connectivity index (χ3n) is 3.16. The first-order valence-electron chi connectivity index (χ1n) is 6.65. The Kier molecular flexibility index (Phi) is 4.28. The number of hydrogen-bond acceptors (Lipinski definition) is 2. The van der Waals surface area contributed by atoms with E-state index < -0.39 is 5.91 Å². The average molecular weight is 345 g/mol. The second-order valence-corrected chi connectivity index (χ2v) is 6.16. The van der Waals surface area contributed by atoms with E-state index in [0.29, 0.717) is 20.1 Å². The molecule has 0 aliphatic rings. The van der Waals surface area contributed by atoms with Gasteiger partial charge in [-0.3, -0.25) is 4.79 Å². The molecule has 0 saturated heterocycles. The average Bonchev–Trinajstić information content (AvgIpc) is 2.84. The van der Waals surface area contributed by atoms with Crippen molar-refractivity contribution >= 4 is 39.1 Å². The molecule has 23 heavy (non-hydrogen) atoms. The molecule has 0 N–H and O–H groups in total. The van der Waals surface area contributed by atoms with Crippen molar-refractivity contribution in [3.63, 3.8) is 0 Å². The summed E-state index contributed by atoms with van der Waals surface area (Å²) in [6.45, 7) is 0.243. The maximum absolute atomic E-state index is 13.4. The monoisotopic (exact) mass is 344 g/mol. The van der Waals surface area contributed by atoms with Gasteiger partial charge in [0.2, 0.25) is 0 Å². The number of halogens is 2. The lowest BCUT2D eigenvalue weighted by atomic mass is 10.2. The Labute approximate surface area is 140 Å². The summed E-state index contributed by atoms with van der Waals surface area (Å²) >= 11 is 7.10. The van der Waals surface area contributed by atoms with Crippen LogP contribution in [0.2, 0.25) is 5.02 Å². The molecule has 1 heterocycles. The number of aromatic nitrogens is 1. The topological polar surface area (TPSA) is 34.4 Å². The molecular weight excluding hydrogens is 335 g/mol. The molecule has 114 valence electrons. The number of thiazole rings is 1. The Balaban J connectivity index is 2.16. The van der Waals surface area contributed by atoms with Crippen molar-refractivity contribution in [2.45, 2.75) is 6.54 Å². The van der Waals surface area contributed by atoms with Crippen LogP contribution in [-0.2, 0) is 6.54 Å². The zero-order valence-corrected chi connectivity index (χ0v) is 13.4. The highest BCUT2D eigenvalue weighted by Gasteiger charge is 2.09. The molecule has 3 nitrogen and oxygen atoms in total. The first-order chi connectivity index (χ1) is 11.1. The Morgan fingerprint density at radius 2 is 2.17 bits per heavy atom. The summed E-state index contributed by atoms with van der Waals surface area (Å²) in [7, 11) is 0. The summed E-state index contributed by atoms with van der Waals surface area (Å²) < 4.78 is 15.8. The van der Waals surface area contributed by atoms with Crippen molar-refractivity contribution < 1.29 is 9.18 Å². The van der Waals surface area contributed by atoms with Gasteiger partial charge in [0.1, 0.15) is 5.82 Å². The van der Waals surface area contributed by atoms with Gasteiger partial charge in [0.15, 0.2) is 4.80 Å². The number of amides is 1. The highest BCUT2D eigenvalue weighted by Crippen LogP contribution is 2.19. The van der Waals surface area contributed by atoms with Gasteiger partial charge in [-0.2, -0.15) is 4.99 Å². The van der Waals surface area contributed by atoms with Crippen LogP contribution in [-0.4, -0.2) is 10.5 Å². The maximum atomic E-state index is 13.4. The molecule has 1 amide bonds. The van der Waals surface area contributed by atoms with Gasteiger partial charge in [0, 0.05) is 10.6 Å². The molecule has 3 aromatic rings. The normalized spacial score (nSPS) is 11.6. The van der Waals surface area contributed by atoms with Gasteiger partial charge in [0.25, 0.3) is 5.91 Å². The smallest absolute Gasteiger partial charge is 0.279 e. The minimum absolute atomic E-state index is 0.243. The maximum Gasteiger partial charge on any atom is 0.279 e. The van der Waals surface area contributed by atoms with Gasteiger partial charge >= 0.3 is 0 Å². The van der Waals surface area contributed by atoms with Crippen molar-refractivity contribution in [2.24, 2.45) is 4.99 Å². The number of fused-ring (bicyclic) bond motifs is 1. The largest absolute Gasteiger partial charge is 0.305 e. The lowest BCUT2D eigenvalue weighted by molar-refractivity contribution is 0.0998. The second-order valence-electron chi connectivity index (χ2n) is 4.71. The molecule has 0 spiro atoms. The molecule has 0 bridgehead atoms. The van der Waals surface area contributed by atoms with E-state index >= 15 is 0 Å². The fourth-order valence-corrected chi connectivity index (χ4v) is 3.39. The molecule has 1 aromatic heterocycles. The van der Waals surface area contributed by atoms with E-state index in [2.05, 4.69) is 10.9 Å². The molecular formula is C17H10ClFN2OS. The van der Waals surface area contributed by atoms with Crippen LogP contribution in [0.15, 0.2) is 47.5 Å². The third-order valence-corrected chi connectivity index (χ3v) is 4.44. The van der Waals surface area contributed by atoms with Crippen LogP contribution in [0.25, 0.3) is 10.2 Å². The summed E-state index contributed by atoms with van der Waals surface area (Å²) in [6.07, 6.45) is 5.39. The van der Waals surface area contributed by atoms with Gasteiger partial charge in [0.05, 0.1) is 16.8 Å². The molecule has 0 aliphatic heterocycles. The molecule has 0 aliphatic carbocycles. The van der Waals surface area contributed by atoms with Crippen molar-refractivity contribution in [3.8, 4) is 12.3 Å². The highest BCUT2D eigenvalue weighted by atomic mass is 35.5. The van der Waals surface area contributed by atoms with Crippen LogP contribution in [0.1, 0.15) is 10.4 Å². The van der Waals surface area contributed by atoms with E-state index in [1.54, 1.807) is 34.9 Å². The van der Waals surface area contributed by atoms with Gasteiger partial charge in [-0.05, 0) is 36.4 Å². The Morgan fingerprint density at radius 1 is 1.35 bits per heavy atom. The molecule has 0 fully saturated rings. The Bertz CT molecular complexity index is 1010. The minimum Gasteiger partial charge on any atom is -0.305 e. The van der Waals surface area contributed by atoms with Gasteiger partial charge in [-0.25, -0.2) is 4.39 Å². The molecule has 0 unspecified atom stereocenters. The predicted molar refractivity (Wildman–Crippen MR) is 90.0 cm³/mol. The fourth-order valence-electron chi connectivity index (χ4n) is 2.15. The minimum atomic E-state index is -0.426. The summed E-state index contributed by atoms with van der Waals surface area (Å²) in [6, 6.07) is 10.9. The quantitative estimate of drug-likeness (QED) is 0.650. The molecule has 0 radical (unpaired) electrons. The fraction of sp³-hybridized carbons (Fsp3) is 0.0588. The molecule has 0 atom stereocenters. The number of hydrogen-bond donors (Lipinski definition) is 0. The Hall–Kier alpha value is -2.42. The number of terminal acetylenes is 1. The first kappa shape index (κ1) is 15.5. The lowest BCUT2D eigenvalue weighted by Crippen LogP contribution is -2.16. The standard InChI is InChI=1S/C17H10ClFN2OS/c1-2-8-21-14-7-6-13(19)10-15(14)23-17(21)20-16(22)11-4-3-5-12(18)9-11/h1,3-7,9-10H,8H2. The van der Waals surface area contributed by atoms with Crippen LogP contribution in [0.5, 0.6) is 0 Å². The summed E-state index contributed by atoms with van der Waals surface area (Å²) in [5, 5.41) is 0.459. The summed E-state index contributed by atoms with van der Waals surface area (Å²) in [5.74, 6) is 1.75. The Morgan fingerprint density at radius 3 is 2.91 bits per heavy atom. The van der Waals surface area contributed by atoms with Gasteiger partial charge < -0.3 is 4.57 Å². The molecule has 6 heteroatoms. The third kappa shape index (κ3) is 3.19. The van der Waals surface area contributed by atoms with Crippen LogP contribution in [0.3, 0.4) is 0 Å². The number of nitrogens with zero attached hydrogens (tertiary/aromatic N) is 2. The van der Waals surface area contributed by atoms with Crippen LogP contribution in [0, 0.1) is 18.2 Å². The first-order valence-corrected chi connectivity index (χ1v) is 7.85. The van der Waals surface area contributed by atoms with Crippen molar-refractivity contribution in [1.82, 2.24) is 4.57 Å². The van der Waals surface area contributed by atoms with Crippen LogP contribution >= 0.6 is 22.9 Å². The van der Waals surface area contributed by atoms with E-state index in [-0.39, 0.29) is 12.4 Å². The lowest BCUT2D eigenvalue weighted by Gasteiger charge is -2.00. The zero-order chi connectivity index (χ0) is 16.4. The van der Waals surface area contributed by atoms with Crippen LogP contribution < -0.4 is 4.80 Å². The SMILES string of the molecule is C#CCn1c(=NC(=O)c2cccc(Cl)c2)sc2cc(F)ccc21. The van der Waals surface area contributed by atoms with E-state index in [1.807, 2.05) is 0 Å². The number of rotatable bonds is 2. The number of carbonyl (C=O) groups excluding carboxylic acids is 1. The predicted octanol–water partition coefficient (Wildman–Crippen LogP) is 3.87. The van der Waals surface area contributed by atoms with Crippen molar-refractivity contribution in [3.05, 3.63) is 63.7 Å². The zero-order valence-electron chi connectivity index (χ0n) is 11.8. The van der Waals surface area contributed by atoms with E-state index in [1.165, 1.54) is 23.5 Å². The number of benzene rings is 2.